The zero-order valence-corrected chi connectivity index (χ0v) is 20.2. The fourth-order valence-corrected chi connectivity index (χ4v) is 5.15. The van der Waals surface area contributed by atoms with Gasteiger partial charge < -0.3 is 16.0 Å². The quantitative estimate of drug-likeness (QED) is 0.433. The predicted octanol–water partition coefficient (Wildman–Crippen LogP) is 3.25. The fraction of sp³-hybridized carbons (Fsp3) is 0.292. The number of imidazole rings is 1. The molecule has 0 amide bonds. The fourth-order valence-electron chi connectivity index (χ4n) is 4.52. The predicted molar refractivity (Wildman–Crippen MR) is 133 cm³/mol. The molecule has 5 rings (SSSR count). The molecule has 0 bridgehead atoms. The van der Waals surface area contributed by atoms with Gasteiger partial charge in [0.1, 0.15) is 5.82 Å². The molecular formula is C24H26FN7O2S. The van der Waals surface area contributed by atoms with Crippen molar-refractivity contribution in [3.63, 3.8) is 0 Å². The van der Waals surface area contributed by atoms with Gasteiger partial charge in [-0.3, -0.25) is 4.98 Å². The Bertz CT molecular complexity index is 1500. The van der Waals surface area contributed by atoms with Crippen LogP contribution in [0.4, 0.5) is 21.7 Å². The van der Waals surface area contributed by atoms with Gasteiger partial charge >= 0.3 is 0 Å². The van der Waals surface area contributed by atoms with Crippen LogP contribution in [-0.4, -0.2) is 53.4 Å². The largest absolute Gasteiger partial charge is 0.368 e. The van der Waals surface area contributed by atoms with Crippen LogP contribution in [0.1, 0.15) is 13.3 Å². The lowest BCUT2D eigenvalue weighted by Crippen LogP contribution is -2.46. The molecule has 1 saturated heterocycles. The molecule has 1 aromatic carbocycles. The number of hydrogen-bond donors (Lipinski definition) is 2. The first-order valence-corrected chi connectivity index (χ1v) is 13.1. The monoisotopic (exact) mass is 495 g/mol. The van der Waals surface area contributed by atoms with Crippen molar-refractivity contribution in [2.45, 2.75) is 24.3 Å². The number of sulfone groups is 1. The number of nitrogens with one attached hydrogen (secondary N) is 1. The lowest BCUT2D eigenvalue weighted by Gasteiger charge is -2.37. The summed E-state index contributed by atoms with van der Waals surface area (Å²) in [7, 11) is -3.52. The van der Waals surface area contributed by atoms with Crippen LogP contribution in [0.3, 0.4) is 0 Å². The summed E-state index contributed by atoms with van der Waals surface area (Å²) in [5.74, 6) is 0.248. The van der Waals surface area contributed by atoms with E-state index in [2.05, 4.69) is 32.2 Å². The summed E-state index contributed by atoms with van der Waals surface area (Å²) in [5.41, 5.74) is 9.24. The lowest BCUT2D eigenvalue weighted by molar-refractivity contribution is 0.402. The second-order valence-electron chi connectivity index (χ2n) is 9.07. The van der Waals surface area contributed by atoms with Gasteiger partial charge in [-0.15, -0.1) is 0 Å². The standard InChI is InChI=1S/C24H26FN7O2S/c1-15-9-16(26)14-31(13-15)23-7-8-27-12-22(23)29-24-28-11-17-3-6-21(30-32(17)24)19-5-4-18(10-20(19)25)35(2,33)34/h3-8,10-12,15-16H,9,13-14,26H2,1-2H3,(H,28,29). The first-order valence-electron chi connectivity index (χ1n) is 11.3. The van der Waals surface area contributed by atoms with Crippen LogP contribution < -0.4 is 16.0 Å². The van der Waals surface area contributed by atoms with Crippen LogP contribution in [0, 0.1) is 11.7 Å². The van der Waals surface area contributed by atoms with Crippen molar-refractivity contribution >= 4 is 32.7 Å². The number of nitrogens with zero attached hydrogens (tertiary/aromatic N) is 5. The Morgan fingerprint density at radius 1 is 1.14 bits per heavy atom. The molecule has 9 nitrogen and oxygen atoms in total. The Balaban J connectivity index is 1.50. The number of benzene rings is 1. The average molecular weight is 496 g/mol. The van der Waals surface area contributed by atoms with E-state index in [0.717, 1.165) is 43.2 Å². The minimum absolute atomic E-state index is 0.0827. The molecule has 35 heavy (non-hydrogen) atoms. The molecule has 2 atom stereocenters. The van der Waals surface area contributed by atoms with E-state index >= 15 is 0 Å². The van der Waals surface area contributed by atoms with Crippen molar-refractivity contribution in [1.82, 2.24) is 19.6 Å². The van der Waals surface area contributed by atoms with Gasteiger partial charge in [0.25, 0.3) is 0 Å². The van der Waals surface area contributed by atoms with Gasteiger partial charge in [-0.1, -0.05) is 6.92 Å². The Morgan fingerprint density at radius 2 is 1.97 bits per heavy atom. The van der Waals surface area contributed by atoms with Crippen molar-refractivity contribution in [3.05, 3.63) is 60.8 Å². The van der Waals surface area contributed by atoms with Crippen LogP contribution >= 0.6 is 0 Å². The summed E-state index contributed by atoms with van der Waals surface area (Å²) in [6.07, 6.45) is 7.17. The number of nitrogens with two attached hydrogens (primary N) is 1. The van der Waals surface area contributed by atoms with Crippen LogP contribution in [-0.2, 0) is 9.84 Å². The molecule has 2 unspecified atom stereocenters. The molecule has 1 aliphatic rings. The molecule has 4 aromatic rings. The van der Waals surface area contributed by atoms with Crippen LogP contribution in [0.15, 0.2) is 59.9 Å². The average Bonchev–Trinajstić information content (AvgIpc) is 3.20. The van der Waals surface area contributed by atoms with Crippen LogP contribution in [0.5, 0.6) is 0 Å². The lowest BCUT2D eigenvalue weighted by atomic mass is 9.96. The minimum Gasteiger partial charge on any atom is -0.368 e. The topological polar surface area (TPSA) is 119 Å². The number of halogens is 1. The van der Waals surface area contributed by atoms with E-state index in [1.165, 1.54) is 12.1 Å². The third-order valence-corrected chi connectivity index (χ3v) is 7.22. The molecule has 182 valence electrons. The Kier molecular flexibility index (Phi) is 5.89. The number of hydrogen-bond acceptors (Lipinski definition) is 8. The Morgan fingerprint density at radius 3 is 2.71 bits per heavy atom. The zero-order chi connectivity index (χ0) is 24.7. The smallest absolute Gasteiger partial charge is 0.229 e. The highest BCUT2D eigenvalue weighted by atomic mass is 32.2. The van der Waals surface area contributed by atoms with Gasteiger partial charge in [0.15, 0.2) is 9.84 Å². The molecular weight excluding hydrogens is 469 g/mol. The Hall–Kier alpha value is -3.57. The van der Waals surface area contributed by atoms with Crippen LogP contribution in [0.2, 0.25) is 0 Å². The SMILES string of the molecule is CC1CC(N)CN(c2ccncc2Nc2ncc3ccc(-c4ccc(S(C)(=O)=O)cc4F)nn23)C1. The van der Waals surface area contributed by atoms with Gasteiger partial charge in [-0.05, 0) is 48.7 Å². The first kappa shape index (κ1) is 23.2. The summed E-state index contributed by atoms with van der Waals surface area (Å²) in [4.78, 5) is 10.9. The van der Waals surface area contributed by atoms with Crippen molar-refractivity contribution in [2.24, 2.45) is 11.7 Å². The van der Waals surface area contributed by atoms with E-state index < -0.39 is 15.7 Å². The number of fused-ring (bicyclic) bond motifs is 1. The highest BCUT2D eigenvalue weighted by molar-refractivity contribution is 7.90. The molecule has 0 spiro atoms. The summed E-state index contributed by atoms with van der Waals surface area (Å²) in [6, 6.07) is 9.30. The van der Waals surface area contributed by atoms with Crippen molar-refractivity contribution < 1.29 is 12.8 Å². The number of anilines is 3. The van der Waals surface area contributed by atoms with Gasteiger partial charge in [0.2, 0.25) is 5.95 Å². The van der Waals surface area contributed by atoms with Gasteiger partial charge in [0.05, 0.1) is 39.9 Å². The second kappa shape index (κ2) is 8.90. The van der Waals surface area contributed by atoms with E-state index in [0.29, 0.717) is 23.1 Å². The van der Waals surface area contributed by atoms with E-state index in [1.807, 2.05) is 6.07 Å². The van der Waals surface area contributed by atoms with Crippen molar-refractivity contribution in [2.75, 3.05) is 29.6 Å². The zero-order valence-electron chi connectivity index (χ0n) is 19.4. The van der Waals surface area contributed by atoms with E-state index in [9.17, 15) is 12.8 Å². The van der Waals surface area contributed by atoms with Gasteiger partial charge in [-0.25, -0.2) is 17.8 Å². The number of pyridine rings is 1. The maximum Gasteiger partial charge on any atom is 0.229 e. The molecule has 1 aliphatic heterocycles. The highest BCUT2D eigenvalue weighted by Gasteiger charge is 2.24. The number of rotatable bonds is 5. The van der Waals surface area contributed by atoms with Crippen molar-refractivity contribution in [1.29, 1.82) is 0 Å². The summed E-state index contributed by atoms with van der Waals surface area (Å²) >= 11 is 0. The summed E-state index contributed by atoms with van der Waals surface area (Å²) in [6.45, 7) is 3.83. The molecule has 3 N–H and O–H groups in total. The normalized spacial score (nSPS) is 18.7. The van der Waals surface area contributed by atoms with Crippen molar-refractivity contribution in [3.8, 4) is 11.3 Å². The van der Waals surface area contributed by atoms with E-state index in [-0.39, 0.29) is 16.5 Å². The van der Waals surface area contributed by atoms with E-state index in [4.69, 9.17) is 5.73 Å². The maximum absolute atomic E-state index is 14.8. The second-order valence-corrected chi connectivity index (χ2v) is 11.1. The summed E-state index contributed by atoms with van der Waals surface area (Å²) in [5, 5.41) is 7.88. The van der Waals surface area contributed by atoms with Crippen LogP contribution in [0.25, 0.3) is 16.8 Å². The molecule has 0 saturated carbocycles. The summed E-state index contributed by atoms with van der Waals surface area (Å²) < 4.78 is 39.9. The Labute approximate surface area is 202 Å². The number of aromatic nitrogens is 4. The molecule has 0 aliphatic carbocycles. The molecule has 0 radical (unpaired) electrons. The third kappa shape index (κ3) is 4.69. The molecule has 1 fully saturated rings. The number of piperidine rings is 1. The van der Waals surface area contributed by atoms with Gasteiger partial charge in [0, 0.05) is 37.1 Å². The first-order chi connectivity index (χ1) is 16.7. The molecule has 4 heterocycles. The van der Waals surface area contributed by atoms with E-state index in [1.54, 1.807) is 35.2 Å². The highest BCUT2D eigenvalue weighted by Crippen LogP contribution is 2.31. The maximum atomic E-state index is 14.8. The van der Waals surface area contributed by atoms with Gasteiger partial charge in [-0.2, -0.15) is 9.61 Å². The third-order valence-electron chi connectivity index (χ3n) is 6.11. The molecule has 11 heteroatoms. The molecule has 3 aromatic heterocycles. The minimum atomic E-state index is -3.52.